The minimum Gasteiger partial charge on any atom is -0.343 e. The summed E-state index contributed by atoms with van der Waals surface area (Å²) in [6.45, 7) is 4.27. The Labute approximate surface area is 256 Å². The van der Waals surface area contributed by atoms with Gasteiger partial charge in [0.05, 0.1) is 17.0 Å². The van der Waals surface area contributed by atoms with Crippen LogP contribution in [0.25, 0.3) is 0 Å². The zero-order chi connectivity index (χ0) is 31.1. The molecule has 2 aromatic carbocycles. The largest absolute Gasteiger partial charge is 0.343 e. The number of nitrogens with zero attached hydrogens (tertiary/aromatic N) is 4. The topological polar surface area (TPSA) is 136 Å². The maximum Gasteiger partial charge on any atom is 0.244 e. The molecule has 224 valence electrons. The molecule has 3 aliphatic rings. The van der Waals surface area contributed by atoms with Gasteiger partial charge >= 0.3 is 0 Å². The van der Waals surface area contributed by atoms with Crippen LogP contribution in [0.3, 0.4) is 0 Å². The van der Waals surface area contributed by atoms with Gasteiger partial charge in [-0.15, -0.1) is 0 Å². The van der Waals surface area contributed by atoms with Crippen LogP contribution in [0.1, 0.15) is 54.5 Å². The number of hydrogen-bond acceptors (Lipinski definition) is 6. The highest BCUT2D eigenvalue weighted by Gasteiger charge is 2.51. The number of piperidine rings is 1. The Bertz CT molecular complexity index is 1720. The summed E-state index contributed by atoms with van der Waals surface area (Å²) >= 11 is 0. The molecule has 0 bridgehead atoms. The highest BCUT2D eigenvalue weighted by molar-refractivity contribution is 6.06. The molecule has 1 saturated heterocycles. The van der Waals surface area contributed by atoms with Crippen LogP contribution in [0.2, 0.25) is 0 Å². The molecular formula is C34H34N6O4. The number of amides is 4. The average Bonchev–Trinajstić information content (AvgIpc) is 3.53. The number of fused-ring (bicyclic) bond motifs is 3. The fourth-order valence-electron chi connectivity index (χ4n) is 6.80. The van der Waals surface area contributed by atoms with Crippen molar-refractivity contribution < 1.29 is 19.2 Å². The minimum atomic E-state index is -0.747. The molecule has 3 aromatic rings. The van der Waals surface area contributed by atoms with Gasteiger partial charge in [-0.2, -0.15) is 5.26 Å². The van der Waals surface area contributed by atoms with Crippen molar-refractivity contribution in [2.45, 2.75) is 51.5 Å². The smallest absolute Gasteiger partial charge is 0.244 e. The molecular weight excluding hydrogens is 556 g/mol. The monoisotopic (exact) mass is 590 g/mol. The molecule has 44 heavy (non-hydrogen) atoms. The van der Waals surface area contributed by atoms with E-state index >= 15 is 0 Å². The zero-order valence-corrected chi connectivity index (χ0v) is 24.9. The number of pyridine rings is 1. The Morgan fingerprint density at radius 3 is 2.57 bits per heavy atom. The van der Waals surface area contributed by atoms with E-state index in [4.69, 9.17) is 0 Å². The van der Waals surface area contributed by atoms with Gasteiger partial charge in [0.25, 0.3) is 0 Å². The summed E-state index contributed by atoms with van der Waals surface area (Å²) in [7, 11) is 0. The predicted molar refractivity (Wildman–Crippen MR) is 163 cm³/mol. The molecule has 4 amide bonds. The minimum absolute atomic E-state index is 0.0200. The van der Waals surface area contributed by atoms with Crippen molar-refractivity contribution in [2.75, 3.05) is 30.3 Å². The number of carbonyl (C=O) groups excluding carboxylic acids is 4. The van der Waals surface area contributed by atoms with E-state index in [1.807, 2.05) is 43.3 Å². The number of nitriles is 1. The van der Waals surface area contributed by atoms with Gasteiger partial charge in [0.15, 0.2) is 0 Å². The summed E-state index contributed by atoms with van der Waals surface area (Å²) in [4.78, 5) is 60.0. The van der Waals surface area contributed by atoms with Crippen LogP contribution < -0.4 is 10.6 Å². The van der Waals surface area contributed by atoms with Crippen molar-refractivity contribution in [3.05, 3.63) is 88.6 Å². The van der Waals surface area contributed by atoms with Crippen LogP contribution in [0.5, 0.6) is 0 Å². The maximum atomic E-state index is 14.0. The summed E-state index contributed by atoms with van der Waals surface area (Å²) in [5.74, 6) is -0.0320. The van der Waals surface area contributed by atoms with Crippen molar-refractivity contribution >= 4 is 35.1 Å². The fourth-order valence-corrected chi connectivity index (χ4v) is 6.80. The van der Waals surface area contributed by atoms with Gasteiger partial charge in [0, 0.05) is 49.4 Å². The third-order valence-corrected chi connectivity index (χ3v) is 9.41. The zero-order valence-electron chi connectivity index (χ0n) is 24.9. The van der Waals surface area contributed by atoms with Crippen molar-refractivity contribution in [2.24, 2.45) is 5.41 Å². The van der Waals surface area contributed by atoms with Gasteiger partial charge in [0.2, 0.25) is 23.6 Å². The van der Waals surface area contributed by atoms with Crippen molar-refractivity contribution in [3.63, 3.8) is 0 Å². The normalized spacial score (nSPS) is 19.5. The van der Waals surface area contributed by atoms with E-state index in [9.17, 15) is 24.4 Å². The van der Waals surface area contributed by atoms with E-state index in [1.165, 1.54) is 11.8 Å². The number of hydrogen-bond donors (Lipinski definition) is 2. The Kier molecular flexibility index (Phi) is 7.41. The highest BCUT2D eigenvalue weighted by atomic mass is 16.2. The van der Waals surface area contributed by atoms with Gasteiger partial charge < -0.3 is 20.4 Å². The number of anilines is 2. The summed E-state index contributed by atoms with van der Waals surface area (Å²) in [6, 6.07) is 18.7. The van der Waals surface area contributed by atoms with E-state index in [-0.39, 0.29) is 36.7 Å². The first-order valence-corrected chi connectivity index (χ1v) is 14.8. The lowest BCUT2D eigenvalue weighted by atomic mass is 9.78. The Morgan fingerprint density at radius 2 is 1.82 bits per heavy atom. The average molecular weight is 591 g/mol. The Morgan fingerprint density at radius 1 is 1.07 bits per heavy atom. The van der Waals surface area contributed by atoms with Crippen LogP contribution in [0, 0.1) is 16.7 Å². The third kappa shape index (κ3) is 5.19. The number of likely N-dealkylation sites (tertiary alicyclic amines) is 1. The molecule has 1 fully saturated rings. The molecule has 1 aliphatic carbocycles. The molecule has 0 saturated carbocycles. The molecule has 2 aliphatic heterocycles. The lowest BCUT2D eigenvalue weighted by Crippen LogP contribution is -2.51. The standard InChI is InChI=1S/C34H34N6O4/c1-22(41)39-14-11-33(2,12-15-39)32(44)40(20-25-7-4-3-6-24(25)19-35)21-29(42)37-27-10-9-23-17-34(18-26(23)16-27)28-8-5-13-36-30(28)38-31(34)43/h3-10,13,16H,11-12,14-15,17-18,20-21H2,1-2H3,(H,37,42)(H,36,38,43)/t34-/m1/s1. The highest BCUT2D eigenvalue weighted by Crippen LogP contribution is 2.47. The summed E-state index contributed by atoms with van der Waals surface area (Å²) in [5, 5.41) is 15.5. The van der Waals surface area contributed by atoms with Crippen molar-refractivity contribution in [3.8, 4) is 6.07 Å². The first-order chi connectivity index (χ1) is 21.1. The first kappa shape index (κ1) is 29.1. The second-order valence-electron chi connectivity index (χ2n) is 12.3. The fraction of sp³-hybridized carbons (Fsp3) is 0.353. The lowest BCUT2D eigenvalue weighted by Gasteiger charge is -2.40. The van der Waals surface area contributed by atoms with Crippen LogP contribution in [-0.4, -0.2) is 58.0 Å². The van der Waals surface area contributed by atoms with Gasteiger partial charge in [-0.25, -0.2) is 4.98 Å². The molecule has 1 atom stereocenters. The van der Waals surface area contributed by atoms with Gasteiger partial charge in [-0.1, -0.05) is 37.3 Å². The van der Waals surface area contributed by atoms with Crippen LogP contribution in [0.4, 0.5) is 11.5 Å². The third-order valence-electron chi connectivity index (χ3n) is 9.41. The first-order valence-electron chi connectivity index (χ1n) is 14.8. The van der Waals surface area contributed by atoms with E-state index in [2.05, 4.69) is 21.7 Å². The van der Waals surface area contributed by atoms with Crippen molar-refractivity contribution in [1.82, 2.24) is 14.8 Å². The van der Waals surface area contributed by atoms with E-state index in [0.29, 0.717) is 61.4 Å². The van der Waals surface area contributed by atoms with E-state index in [1.54, 1.807) is 29.3 Å². The second-order valence-corrected chi connectivity index (χ2v) is 12.3. The van der Waals surface area contributed by atoms with Crippen LogP contribution >= 0.6 is 0 Å². The number of benzene rings is 2. The van der Waals surface area contributed by atoms with Crippen LogP contribution in [-0.2, 0) is 44.0 Å². The second kappa shape index (κ2) is 11.2. The molecule has 10 heteroatoms. The van der Waals surface area contributed by atoms with Gasteiger partial charge in [0.1, 0.15) is 12.4 Å². The summed E-state index contributed by atoms with van der Waals surface area (Å²) in [6.07, 6.45) is 3.70. The number of carbonyl (C=O) groups is 4. The molecule has 3 heterocycles. The summed E-state index contributed by atoms with van der Waals surface area (Å²) < 4.78 is 0. The van der Waals surface area contributed by atoms with Gasteiger partial charge in [-0.3, -0.25) is 19.2 Å². The molecule has 1 aromatic heterocycles. The number of rotatable bonds is 6. The molecule has 1 spiro atoms. The van der Waals surface area contributed by atoms with E-state index in [0.717, 1.165) is 16.7 Å². The van der Waals surface area contributed by atoms with Crippen LogP contribution in [0.15, 0.2) is 60.8 Å². The molecule has 6 rings (SSSR count). The molecule has 0 unspecified atom stereocenters. The number of nitrogens with one attached hydrogen (secondary N) is 2. The number of aromatic nitrogens is 1. The summed E-state index contributed by atoms with van der Waals surface area (Å²) in [5.41, 5.74) is 3.15. The Hall–Kier alpha value is -5.04. The lowest BCUT2D eigenvalue weighted by molar-refractivity contribution is -0.148. The molecule has 10 nitrogen and oxygen atoms in total. The predicted octanol–water partition coefficient (Wildman–Crippen LogP) is 3.56. The van der Waals surface area contributed by atoms with Gasteiger partial charge in [-0.05, 0) is 66.6 Å². The van der Waals surface area contributed by atoms with E-state index < -0.39 is 10.8 Å². The SMILES string of the molecule is CC(=O)N1CCC(C)(C(=O)N(CC(=O)Nc2ccc3c(c2)C[C@@]2(C3)C(=O)Nc3ncccc32)Cc2ccccc2C#N)CC1. The quantitative estimate of drug-likeness (QED) is 0.451. The molecule has 2 N–H and O–H groups in total. The Balaban J connectivity index is 1.20. The van der Waals surface area contributed by atoms with Crippen molar-refractivity contribution in [1.29, 1.82) is 5.26 Å². The molecule has 0 radical (unpaired) electrons. The maximum absolute atomic E-state index is 14.0.